The van der Waals surface area contributed by atoms with E-state index in [0.29, 0.717) is 12.0 Å². The summed E-state index contributed by atoms with van der Waals surface area (Å²) in [6.45, 7) is 9.52. The van der Waals surface area contributed by atoms with Crippen molar-refractivity contribution in [2.24, 2.45) is 11.8 Å². The van der Waals surface area contributed by atoms with E-state index in [0.717, 1.165) is 45.6 Å². The maximum absolute atomic E-state index is 11.6. The van der Waals surface area contributed by atoms with Gasteiger partial charge in [-0.1, -0.05) is 6.42 Å². The van der Waals surface area contributed by atoms with Gasteiger partial charge in [0.25, 0.3) is 0 Å². The monoisotopic (exact) mass is 282 g/mol. The van der Waals surface area contributed by atoms with Crippen LogP contribution in [0.1, 0.15) is 46.0 Å². The Hall–Kier alpha value is -0.610. The van der Waals surface area contributed by atoms with Gasteiger partial charge in [0.2, 0.25) is 0 Å². The topological polar surface area (TPSA) is 43.8 Å². The SMILES string of the molecule is CC(C)N1CCC(C(CN2CCCCC2)C(=O)O)CC1. The van der Waals surface area contributed by atoms with Gasteiger partial charge in [-0.3, -0.25) is 4.79 Å². The van der Waals surface area contributed by atoms with Crippen molar-refractivity contribution in [2.75, 3.05) is 32.7 Å². The van der Waals surface area contributed by atoms with Crippen LogP contribution in [-0.4, -0.2) is 59.6 Å². The van der Waals surface area contributed by atoms with E-state index in [1.54, 1.807) is 0 Å². The predicted octanol–water partition coefficient (Wildman–Crippen LogP) is 2.29. The lowest BCUT2D eigenvalue weighted by Gasteiger charge is -2.38. The Morgan fingerprint density at radius 1 is 1.10 bits per heavy atom. The molecule has 2 saturated heterocycles. The lowest BCUT2D eigenvalue weighted by atomic mass is 9.83. The third kappa shape index (κ3) is 4.19. The van der Waals surface area contributed by atoms with Crippen LogP contribution in [0.25, 0.3) is 0 Å². The molecule has 0 aromatic heterocycles. The predicted molar refractivity (Wildman–Crippen MR) is 80.8 cm³/mol. The summed E-state index contributed by atoms with van der Waals surface area (Å²) in [5.74, 6) is -0.384. The Kier molecular flexibility index (Phi) is 5.85. The highest BCUT2D eigenvalue weighted by Gasteiger charge is 2.33. The van der Waals surface area contributed by atoms with Crippen LogP contribution in [0.2, 0.25) is 0 Å². The first-order chi connectivity index (χ1) is 9.58. The number of carboxylic acids is 1. The van der Waals surface area contributed by atoms with Gasteiger partial charge in [0.1, 0.15) is 0 Å². The summed E-state index contributed by atoms with van der Waals surface area (Å²) in [5.41, 5.74) is 0. The maximum Gasteiger partial charge on any atom is 0.308 e. The van der Waals surface area contributed by atoms with Gasteiger partial charge < -0.3 is 14.9 Å². The van der Waals surface area contributed by atoms with Gasteiger partial charge in [0.05, 0.1) is 5.92 Å². The number of carboxylic acid groups (broad SMARTS) is 1. The van der Waals surface area contributed by atoms with E-state index in [1.165, 1.54) is 19.3 Å². The highest BCUT2D eigenvalue weighted by molar-refractivity contribution is 5.70. The van der Waals surface area contributed by atoms with Crippen LogP contribution in [0.5, 0.6) is 0 Å². The van der Waals surface area contributed by atoms with Gasteiger partial charge in [-0.25, -0.2) is 0 Å². The van der Waals surface area contributed by atoms with Crippen LogP contribution in [0, 0.1) is 11.8 Å². The Morgan fingerprint density at radius 3 is 2.20 bits per heavy atom. The molecule has 0 spiro atoms. The summed E-state index contributed by atoms with van der Waals surface area (Å²) in [6, 6.07) is 0.585. The maximum atomic E-state index is 11.6. The zero-order valence-electron chi connectivity index (χ0n) is 13.1. The number of carbonyl (C=O) groups is 1. The highest BCUT2D eigenvalue weighted by Crippen LogP contribution is 2.28. The lowest BCUT2D eigenvalue weighted by molar-refractivity contribution is -0.145. The molecule has 0 aliphatic carbocycles. The van der Waals surface area contributed by atoms with Gasteiger partial charge in [0, 0.05) is 12.6 Å². The molecule has 1 atom stereocenters. The zero-order valence-corrected chi connectivity index (χ0v) is 13.1. The minimum Gasteiger partial charge on any atom is -0.481 e. The van der Waals surface area contributed by atoms with Crippen molar-refractivity contribution < 1.29 is 9.90 Å². The summed E-state index contributed by atoms with van der Waals surface area (Å²) in [6.07, 6.45) is 5.86. The first kappa shape index (κ1) is 15.8. The minimum absolute atomic E-state index is 0.164. The van der Waals surface area contributed by atoms with E-state index in [1.807, 2.05) is 0 Å². The Labute approximate surface area is 123 Å². The van der Waals surface area contributed by atoms with E-state index in [-0.39, 0.29) is 5.92 Å². The van der Waals surface area contributed by atoms with Crippen molar-refractivity contribution in [3.63, 3.8) is 0 Å². The fourth-order valence-electron chi connectivity index (χ4n) is 3.69. The lowest BCUT2D eigenvalue weighted by Crippen LogP contribution is -2.45. The molecule has 2 fully saturated rings. The molecule has 4 heteroatoms. The third-order valence-electron chi connectivity index (χ3n) is 5.09. The molecular weight excluding hydrogens is 252 g/mol. The van der Waals surface area contributed by atoms with E-state index in [9.17, 15) is 9.90 Å². The Bertz CT molecular complexity index is 306. The molecule has 2 aliphatic heterocycles. The second-order valence-corrected chi connectivity index (χ2v) is 6.77. The smallest absolute Gasteiger partial charge is 0.308 e. The van der Waals surface area contributed by atoms with Crippen molar-refractivity contribution in [1.29, 1.82) is 0 Å². The number of likely N-dealkylation sites (tertiary alicyclic amines) is 2. The third-order valence-corrected chi connectivity index (χ3v) is 5.09. The number of rotatable bonds is 5. The van der Waals surface area contributed by atoms with Crippen molar-refractivity contribution in [3.8, 4) is 0 Å². The highest BCUT2D eigenvalue weighted by atomic mass is 16.4. The molecule has 20 heavy (non-hydrogen) atoms. The largest absolute Gasteiger partial charge is 0.481 e. The molecule has 2 heterocycles. The van der Waals surface area contributed by atoms with Gasteiger partial charge in [-0.2, -0.15) is 0 Å². The summed E-state index contributed by atoms with van der Waals surface area (Å²) >= 11 is 0. The summed E-state index contributed by atoms with van der Waals surface area (Å²) in [4.78, 5) is 16.5. The summed E-state index contributed by atoms with van der Waals surface area (Å²) in [5, 5.41) is 9.59. The number of nitrogens with zero attached hydrogens (tertiary/aromatic N) is 2. The van der Waals surface area contributed by atoms with Gasteiger partial charge in [0.15, 0.2) is 0 Å². The van der Waals surface area contributed by atoms with E-state index >= 15 is 0 Å². The quantitative estimate of drug-likeness (QED) is 0.840. The molecule has 0 bridgehead atoms. The number of aliphatic carboxylic acids is 1. The molecule has 116 valence electrons. The fraction of sp³-hybridized carbons (Fsp3) is 0.938. The summed E-state index contributed by atoms with van der Waals surface area (Å²) < 4.78 is 0. The molecule has 2 rings (SSSR count). The fourth-order valence-corrected chi connectivity index (χ4v) is 3.69. The molecule has 1 N–H and O–H groups in total. The van der Waals surface area contributed by atoms with Crippen LogP contribution < -0.4 is 0 Å². The second kappa shape index (κ2) is 7.41. The summed E-state index contributed by atoms with van der Waals surface area (Å²) in [7, 11) is 0. The second-order valence-electron chi connectivity index (χ2n) is 6.77. The average molecular weight is 282 g/mol. The standard InChI is InChI=1S/C16H30N2O2/c1-13(2)18-10-6-14(7-11-18)15(16(19)20)12-17-8-4-3-5-9-17/h13-15H,3-12H2,1-2H3,(H,19,20). The minimum atomic E-state index is -0.585. The molecule has 0 aromatic carbocycles. The molecule has 2 aliphatic rings. The molecule has 0 aromatic rings. The van der Waals surface area contributed by atoms with Crippen molar-refractivity contribution in [3.05, 3.63) is 0 Å². The molecule has 1 unspecified atom stereocenters. The van der Waals surface area contributed by atoms with Crippen LogP contribution in [0.15, 0.2) is 0 Å². The number of hydrogen-bond acceptors (Lipinski definition) is 3. The van der Waals surface area contributed by atoms with Gasteiger partial charge in [-0.15, -0.1) is 0 Å². The normalized spacial score (nSPS) is 24.9. The average Bonchev–Trinajstić information content (AvgIpc) is 2.45. The van der Waals surface area contributed by atoms with E-state index in [4.69, 9.17) is 0 Å². The van der Waals surface area contributed by atoms with Crippen LogP contribution in [0.3, 0.4) is 0 Å². The number of hydrogen-bond donors (Lipinski definition) is 1. The molecule has 0 amide bonds. The number of piperidine rings is 2. The van der Waals surface area contributed by atoms with Crippen molar-refractivity contribution in [2.45, 2.75) is 52.0 Å². The molecule has 0 saturated carbocycles. The Morgan fingerprint density at radius 2 is 1.70 bits per heavy atom. The van der Waals surface area contributed by atoms with E-state index < -0.39 is 5.97 Å². The molecular formula is C16H30N2O2. The zero-order chi connectivity index (χ0) is 14.5. The van der Waals surface area contributed by atoms with E-state index in [2.05, 4.69) is 23.6 Å². The first-order valence-corrected chi connectivity index (χ1v) is 8.27. The van der Waals surface area contributed by atoms with Crippen LogP contribution >= 0.6 is 0 Å². The Balaban J connectivity index is 1.87. The van der Waals surface area contributed by atoms with Gasteiger partial charge in [-0.05, 0) is 71.6 Å². The van der Waals surface area contributed by atoms with Crippen LogP contribution in [-0.2, 0) is 4.79 Å². The van der Waals surface area contributed by atoms with Gasteiger partial charge >= 0.3 is 5.97 Å². The van der Waals surface area contributed by atoms with Crippen molar-refractivity contribution >= 4 is 5.97 Å². The molecule has 4 nitrogen and oxygen atoms in total. The van der Waals surface area contributed by atoms with Crippen molar-refractivity contribution in [1.82, 2.24) is 9.80 Å². The molecule has 0 radical (unpaired) electrons. The first-order valence-electron chi connectivity index (χ1n) is 8.27. The van der Waals surface area contributed by atoms with Crippen LogP contribution in [0.4, 0.5) is 0 Å².